The van der Waals surface area contributed by atoms with Crippen LogP contribution in [0, 0.1) is 5.92 Å². The number of piperidine rings is 1. The van der Waals surface area contributed by atoms with E-state index in [0.29, 0.717) is 24.4 Å². The van der Waals surface area contributed by atoms with Gasteiger partial charge in [-0.25, -0.2) is 0 Å². The van der Waals surface area contributed by atoms with Gasteiger partial charge in [0.05, 0.1) is 0 Å². The van der Waals surface area contributed by atoms with Crippen molar-refractivity contribution < 1.29 is 4.79 Å². The first kappa shape index (κ1) is 17.9. The molecule has 2 bridgehead atoms. The summed E-state index contributed by atoms with van der Waals surface area (Å²) < 4.78 is 0. The Morgan fingerprint density at radius 3 is 2.69 bits per heavy atom. The highest BCUT2D eigenvalue weighted by atomic mass is 32.2. The van der Waals surface area contributed by atoms with E-state index in [9.17, 15) is 4.79 Å². The van der Waals surface area contributed by atoms with E-state index in [0.717, 1.165) is 18.1 Å². The molecule has 26 heavy (non-hydrogen) atoms. The molecule has 2 saturated heterocycles. The third-order valence-corrected chi connectivity index (χ3v) is 6.76. The fourth-order valence-electron chi connectivity index (χ4n) is 4.54. The summed E-state index contributed by atoms with van der Waals surface area (Å²) in [5.74, 6) is 2.78. The van der Waals surface area contributed by atoms with Gasteiger partial charge in [0.2, 0.25) is 5.91 Å². The second kappa shape index (κ2) is 8.45. The molecule has 2 N–H and O–H groups in total. The van der Waals surface area contributed by atoms with Gasteiger partial charge in [-0.1, -0.05) is 42.5 Å². The Morgan fingerprint density at radius 1 is 1.08 bits per heavy atom. The zero-order valence-electron chi connectivity index (χ0n) is 15.2. The molecule has 2 heterocycles. The van der Waals surface area contributed by atoms with Crippen LogP contribution in [0.15, 0.2) is 42.5 Å². The van der Waals surface area contributed by atoms with Crippen LogP contribution in [0.4, 0.5) is 0 Å². The molecule has 2 aromatic carbocycles. The van der Waals surface area contributed by atoms with Crippen LogP contribution in [-0.2, 0) is 10.5 Å². The molecule has 2 unspecified atom stereocenters. The summed E-state index contributed by atoms with van der Waals surface area (Å²) in [7, 11) is 0. The third-order valence-electron chi connectivity index (χ3n) is 5.75. The molecule has 0 aliphatic carbocycles. The molecule has 0 radical (unpaired) electrons. The molecular formula is C22H28N2OS. The fraction of sp³-hybridized carbons (Fsp3) is 0.500. The SMILES string of the molecule is O=C(CC1CC2CCC(C1)N2)NCCSCc1cccc2ccccc12. The number of thioether (sulfide) groups is 1. The van der Waals surface area contributed by atoms with E-state index in [1.165, 1.54) is 42.0 Å². The Labute approximate surface area is 160 Å². The van der Waals surface area contributed by atoms with E-state index in [1.807, 2.05) is 11.8 Å². The highest BCUT2D eigenvalue weighted by Gasteiger charge is 2.33. The van der Waals surface area contributed by atoms with Crippen molar-refractivity contribution in [2.24, 2.45) is 5.92 Å². The van der Waals surface area contributed by atoms with Gasteiger partial charge < -0.3 is 10.6 Å². The Bertz CT molecular complexity index is 745. The number of nitrogens with one attached hydrogen (secondary N) is 2. The van der Waals surface area contributed by atoms with Crippen LogP contribution >= 0.6 is 11.8 Å². The Kier molecular flexibility index (Phi) is 5.81. The second-order valence-corrected chi connectivity index (χ2v) is 8.83. The van der Waals surface area contributed by atoms with Crippen molar-refractivity contribution in [1.82, 2.24) is 10.6 Å². The molecule has 2 fully saturated rings. The summed E-state index contributed by atoms with van der Waals surface area (Å²) >= 11 is 1.90. The van der Waals surface area contributed by atoms with Crippen LogP contribution in [0.2, 0.25) is 0 Å². The summed E-state index contributed by atoms with van der Waals surface area (Å²) in [6.07, 6.45) is 5.67. The molecule has 138 valence electrons. The lowest BCUT2D eigenvalue weighted by Crippen LogP contribution is -2.39. The van der Waals surface area contributed by atoms with Crippen molar-refractivity contribution in [3.8, 4) is 0 Å². The van der Waals surface area contributed by atoms with E-state index in [2.05, 4.69) is 53.1 Å². The molecule has 0 saturated carbocycles. The van der Waals surface area contributed by atoms with E-state index in [1.54, 1.807) is 0 Å². The van der Waals surface area contributed by atoms with Crippen molar-refractivity contribution >= 4 is 28.4 Å². The molecule has 1 amide bonds. The molecule has 2 aromatic rings. The Hall–Kier alpha value is -1.52. The predicted octanol–water partition coefficient (Wildman–Crippen LogP) is 4.11. The largest absolute Gasteiger partial charge is 0.355 e. The number of fused-ring (bicyclic) bond motifs is 3. The lowest BCUT2D eigenvalue weighted by Gasteiger charge is -2.28. The van der Waals surface area contributed by atoms with Gasteiger partial charge in [-0.05, 0) is 47.9 Å². The first-order valence-corrected chi connectivity index (χ1v) is 11.0. The molecule has 3 nitrogen and oxygen atoms in total. The Morgan fingerprint density at radius 2 is 1.85 bits per heavy atom. The van der Waals surface area contributed by atoms with Gasteiger partial charge in [0, 0.05) is 36.6 Å². The van der Waals surface area contributed by atoms with E-state index in [4.69, 9.17) is 0 Å². The third kappa shape index (κ3) is 4.41. The normalized spacial score (nSPS) is 24.7. The molecule has 2 atom stereocenters. The van der Waals surface area contributed by atoms with Gasteiger partial charge in [-0.3, -0.25) is 4.79 Å². The number of amides is 1. The minimum atomic E-state index is 0.238. The highest BCUT2D eigenvalue weighted by Crippen LogP contribution is 2.32. The lowest BCUT2D eigenvalue weighted by molar-refractivity contribution is -0.122. The average molecular weight is 369 g/mol. The average Bonchev–Trinajstić information content (AvgIpc) is 3.00. The predicted molar refractivity (Wildman–Crippen MR) is 110 cm³/mol. The van der Waals surface area contributed by atoms with Gasteiger partial charge in [-0.2, -0.15) is 11.8 Å². The minimum Gasteiger partial charge on any atom is -0.355 e. The number of carbonyl (C=O) groups excluding carboxylic acids is 1. The standard InChI is InChI=1S/C22H28N2OS/c25-22(14-16-12-19-8-9-20(13-16)24-19)23-10-11-26-15-18-6-3-5-17-4-1-2-7-21(17)18/h1-7,16,19-20,24H,8-15H2,(H,23,25). The van der Waals surface area contributed by atoms with Gasteiger partial charge >= 0.3 is 0 Å². The van der Waals surface area contributed by atoms with Crippen molar-refractivity contribution in [2.45, 2.75) is 49.9 Å². The number of hydrogen-bond acceptors (Lipinski definition) is 3. The quantitative estimate of drug-likeness (QED) is 0.723. The first-order valence-electron chi connectivity index (χ1n) is 9.85. The van der Waals surface area contributed by atoms with E-state index >= 15 is 0 Å². The molecule has 0 spiro atoms. The van der Waals surface area contributed by atoms with Crippen molar-refractivity contribution in [3.63, 3.8) is 0 Å². The zero-order valence-corrected chi connectivity index (χ0v) is 16.1. The summed E-state index contributed by atoms with van der Waals surface area (Å²) in [5, 5.41) is 9.41. The van der Waals surface area contributed by atoms with E-state index in [-0.39, 0.29) is 5.91 Å². The zero-order chi connectivity index (χ0) is 17.8. The van der Waals surface area contributed by atoms with Gasteiger partial charge in [-0.15, -0.1) is 0 Å². The number of benzene rings is 2. The summed E-state index contributed by atoms with van der Waals surface area (Å²) in [4.78, 5) is 12.2. The number of rotatable bonds is 7. The molecule has 2 aliphatic heterocycles. The highest BCUT2D eigenvalue weighted by molar-refractivity contribution is 7.98. The smallest absolute Gasteiger partial charge is 0.220 e. The van der Waals surface area contributed by atoms with Gasteiger partial charge in [0.25, 0.3) is 0 Å². The fourth-order valence-corrected chi connectivity index (χ4v) is 5.40. The summed E-state index contributed by atoms with van der Waals surface area (Å²) in [5.41, 5.74) is 1.38. The maximum absolute atomic E-state index is 12.2. The molecule has 4 heteroatoms. The van der Waals surface area contributed by atoms with Gasteiger partial charge in [0.1, 0.15) is 0 Å². The van der Waals surface area contributed by atoms with Gasteiger partial charge in [0.15, 0.2) is 0 Å². The van der Waals surface area contributed by atoms with Crippen LogP contribution in [0.25, 0.3) is 10.8 Å². The molecule has 0 aromatic heterocycles. The number of hydrogen-bond donors (Lipinski definition) is 2. The lowest BCUT2D eigenvalue weighted by atomic mass is 9.89. The second-order valence-electron chi connectivity index (χ2n) is 7.72. The Balaban J connectivity index is 1.16. The van der Waals surface area contributed by atoms with Crippen LogP contribution in [0.5, 0.6) is 0 Å². The van der Waals surface area contributed by atoms with E-state index < -0.39 is 0 Å². The maximum Gasteiger partial charge on any atom is 0.220 e. The molecule has 4 rings (SSSR count). The monoisotopic (exact) mass is 368 g/mol. The minimum absolute atomic E-state index is 0.238. The van der Waals surface area contributed by atoms with Crippen LogP contribution in [0.1, 0.15) is 37.7 Å². The molecule has 2 aliphatic rings. The summed E-state index contributed by atoms with van der Waals surface area (Å²) in [6, 6.07) is 16.4. The van der Waals surface area contributed by atoms with Crippen molar-refractivity contribution in [3.05, 3.63) is 48.0 Å². The molecular weight excluding hydrogens is 340 g/mol. The topological polar surface area (TPSA) is 41.1 Å². The van der Waals surface area contributed by atoms with Crippen molar-refractivity contribution in [1.29, 1.82) is 0 Å². The summed E-state index contributed by atoms with van der Waals surface area (Å²) in [6.45, 7) is 0.770. The van der Waals surface area contributed by atoms with Crippen molar-refractivity contribution in [2.75, 3.05) is 12.3 Å². The first-order chi connectivity index (χ1) is 12.8. The van der Waals surface area contributed by atoms with Crippen LogP contribution in [0.3, 0.4) is 0 Å². The maximum atomic E-state index is 12.2. The number of carbonyl (C=O) groups is 1. The van der Waals surface area contributed by atoms with Crippen LogP contribution in [-0.4, -0.2) is 30.3 Å². The van der Waals surface area contributed by atoms with Crippen LogP contribution < -0.4 is 10.6 Å².